The molecule has 4 rings (SSSR count). The molecule has 2 heterocycles. The zero-order valence-electron chi connectivity index (χ0n) is 14.7. The Hall–Kier alpha value is -2.31. The lowest BCUT2D eigenvalue weighted by atomic mass is 10.0. The number of benzene rings is 1. The maximum atomic E-state index is 14.0. The van der Waals surface area contributed by atoms with Crippen LogP contribution >= 0.6 is 0 Å². The largest absolute Gasteiger partial charge is 0.346 e. The van der Waals surface area contributed by atoms with E-state index in [2.05, 4.69) is 21.2 Å². The number of nitrogens with zero attached hydrogens (tertiary/aromatic N) is 1. The van der Waals surface area contributed by atoms with E-state index in [-0.39, 0.29) is 23.8 Å². The Labute approximate surface area is 152 Å². The van der Waals surface area contributed by atoms with Crippen molar-refractivity contribution in [3.63, 3.8) is 0 Å². The van der Waals surface area contributed by atoms with Gasteiger partial charge in [0.2, 0.25) is 5.91 Å². The van der Waals surface area contributed by atoms with Crippen molar-refractivity contribution >= 4 is 5.91 Å². The third-order valence-corrected chi connectivity index (χ3v) is 5.12. The van der Waals surface area contributed by atoms with Crippen molar-refractivity contribution < 1.29 is 9.18 Å². The summed E-state index contributed by atoms with van der Waals surface area (Å²) in [4.78, 5) is 17.4. The normalized spacial score (nSPS) is 23.6. The summed E-state index contributed by atoms with van der Waals surface area (Å²) < 4.78 is 14.0. The molecule has 1 saturated heterocycles. The highest BCUT2D eigenvalue weighted by Gasteiger charge is 2.37. The van der Waals surface area contributed by atoms with Crippen LogP contribution in [0, 0.1) is 18.7 Å². The van der Waals surface area contributed by atoms with Crippen molar-refractivity contribution in [1.29, 1.82) is 0 Å². The molecule has 1 aliphatic carbocycles. The van der Waals surface area contributed by atoms with Crippen LogP contribution in [0.1, 0.15) is 48.3 Å². The Bertz CT molecular complexity index is 808. The zero-order chi connectivity index (χ0) is 18.1. The topological polar surface area (TPSA) is 66.1 Å². The van der Waals surface area contributed by atoms with Gasteiger partial charge in [0.15, 0.2) is 0 Å². The van der Waals surface area contributed by atoms with E-state index in [1.54, 1.807) is 18.2 Å². The van der Waals surface area contributed by atoms with Crippen LogP contribution in [-0.2, 0) is 4.79 Å². The second-order valence-corrected chi connectivity index (χ2v) is 7.18. The standard InChI is InChI=1S/C20H23FN4O/c1-12-5-4-8-16(22-12)19(13-9-10-13)23-20(26)18-11-17(24-25-18)14-6-2-3-7-15(14)21/h2-8,13,17-19,24-25H,9-11H2,1H3,(H,23,26). The molecule has 2 aromatic rings. The maximum Gasteiger partial charge on any atom is 0.239 e. The lowest BCUT2D eigenvalue weighted by molar-refractivity contribution is -0.123. The maximum absolute atomic E-state index is 14.0. The average molecular weight is 354 g/mol. The number of halogens is 1. The number of pyridine rings is 1. The summed E-state index contributed by atoms with van der Waals surface area (Å²) in [6.45, 7) is 1.96. The van der Waals surface area contributed by atoms with Crippen molar-refractivity contribution in [2.45, 2.75) is 44.3 Å². The van der Waals surface area contributed by atoms with E-state index in [9.17, 15) is 9.18 Å². The smallest absolute Gasteiger partial charge is 0.239 e. The summed E-state index contributed by atoms with van der Waals surface area (Å²) in [6, 6.07) is 11.9. The molecule has 0 spiro atoms. The van der Waals surface area contributed by atoms with E-state index in [1.807, 2.05) is 25.1 Å². The summed E-state index contributed by atoms with van der Waals surface area (Å²) >= 11 is 0. The van der Waals surface area contributed by atoms with Crippen LogP contribution in [0.3, 0.4) is 0 Å². The van der Waals surface area contributed by atoms with Gasteiger partial charge in [-0.1, -0.05) is 24.3 Å². The molecule has 1 aliphatic heterocycles. The van der Waals surface area contributed by atoms with Gasteiger partial charge in [-0.25, -0.2) is 15.2 Å². The summed E-state index contributed by atoms with van der Waals surface area (Å²) in [5.74, 6) is 0.120. The van der Waals surface area contributed by atoms with Gasteiger partial charge < -0.3 is 5.32 Å². The highest BCUT2D eigenvalue weighted by molar-refractivity contribution is 5.82. The predicted molar refractivity (Wildman–Crippen MR) is 96.4 cm³/mol. The van der Waals surface area contributed by atoms with Gasteiger partial charge in [-0.15, -0.1) is 0 Å². The number of hydrogen-bond donors (Lipinski definition) is 3. The average Bonchev–Trinajstić information content (AvgIpc) is 3.36. The molecule has 1 aromatic carbocycles. The molecule has 26 heavy (non-hydrogen) atoms. The van der Waals surface area contributed by atoms with Gasteiger partial charge in [0.05, 0.1) is 17.8 Å². The van der Waals surface area contributed by atoms with Gasteiger partial charge in [0, 0.05) is 11.3 Å². The molecule has 136 valence electrons. The van der Waals surface area contributed by atoms with Gasteiger partial charge in [-0.05, 0) is 50.3 Å². The second-order valence-electron chi connectivity index (χ2n) is 7.18. The van der Waals surface area contributed by atoms with Crippen molar-refractivity contribution in [3.8, 4) is 0 Å². The van der Waals surface area contributed by atoms with Crippen LogP contribution < -0.4 is 16.2 Å². The molecule has 3 unspecified atom stereocenters. The summed E-state index contributed by atoms with van der Waals surface area (Å²) in [5.41, 5.74) is 8.50. The molecule has 3 atom stereocenters. The van der Waals surface area contributed by atoms with Crippen LogP contribution in [0.25, 0.3) is 0 Å². The quantitative estimate of drug-likeness (QED) is 0.772. The Morgan fingerprint density at radius 3 is 2.73 bits per heavy atom. The summed E-state index contributed by atoms with van der Waals surface area (Å²) in [7, 11) is 0. The van der Waals surface area contributed by atoms with E-state index in [4.69, 9.17) is 0 Å². The number of hydrazine groups is 1. The van der Waals surface area contributed by atoms with Crippen LogP contribution in [-0.4, -0.2) is 16.9 Å². The summed E-state index contributed by atoms with van der Waals surface area (Å²) in [5, 5.41) is 3.15. The Morgan fingerprint density at radius 1 is 1.19 bits per heavy atom. The molecule has 2 aliphatic rings. The SMILES string of the molecule is Cc1cccc(C(NC(=O)C2CC(c3ccccc3F)NN2)C2CC2)n1. The molecule has 6 heteroatoms. The van der Waals surface area contributed by atoms with E-state index < -0.39 is 6.04 Å². The molecule has 1 amide bonds. The van der Waals surface area contributed by atoms with Crippen LogP contribution in [0.15, 0.2) is 42.5 Å². The van der Waals surface area contributed by atoms with Gasteiger partial charge in [0.1, 0.15) is 11.9 Å². The fourth-order valence-corrected chi connectivity index (χ4v) is 3.54. The van der Waals surface area contributed by atoms with Gasteiger partial charge >= 0.3 is 0 Å². The van der Waals surface area contributed by atoms with Crippen molar-refractivity contribution in [2.24, 2.45) is 5.92 Å². The van der Waals surface area contributed by atoms with Crippen molar-refractivity contribution in [1.82, 2.24) is 21.2 Å². The Morgan fingerprint density at radius 2 is 2.00 bits per heavy atom. The van der Waals surface area contributed by atoms with E-state index in [1.165, 1.54) is 6.07 Å². The number of amides is 1. The molecule has 5 nitrogen and oxygen atoms in total. The number of carbonyl (C=O) groups is 1. The number of aryl methyl sites for hydroxylation is 1. The molecule has 1 saturated carbocycles. The number of hydrogen-bond acceptors (Lipinski definition) is 4. The van der Waals surface area contributed by atoms with E-state index in [0.717, 1.165) is 24.2 Å². The lowest BCUT2D eigenvalue weighted by Crippen LogP contribution is -2.45. The first-order chi connectivity index (χ1) is 12.6. The van der Waals surface area contributed by atoms with Crippen molar-refractivity contribution in [3.05, 3.63) is 65.2 Å². The Kier molecular flexibility index (Phi) is 4.70. The van der Waals surface area contributed by atoms with Crippen LogP contribution in [0.5, 0.6) is 0 Å². The third-order valence-electron chi connectivity index (χ3n) is 5.12. The molecule has 0 bridgehead atoms. The van der Waals surface area contributed by atoms with Gasteiger partial charge in [0.25, 0.3) is 0 Å². The number of nitrogens with one attached hydrogen (secondary N) is 3. The van der Waals surface area contributed by atoms with Crippen LogP contribution in [0.2, 0.25) is 0 Å². The minimum Gasteiger partial charge on any atom is -0.346 e. The molecular formula is C20H23FN4O. The number of carbonyl (C=O) groups excluding carboxylic acids is 1. The zero-order valence-corrected chi connectivity index (χ0v) is 14.7. The fraction of sp³-hybridized carbons (Fsp3) is 0.400. The monoisotopic (exact) mass is 354 g/mol. The third kappa shape index (κ3) is 3.61. The van der Waals surface area contributed by atoms with E-state index >= 15 is 0 Å². The number of aromatic nitrogens is 1. The fourth-order valence-electron chi connectivity index (χ4n) is 3.54. The Balaban J connectivity index is 1.44. The molecular weight excluding hydrogens is 331 g/mol. The first-order valence-corrected chi connectivity index (χ1v) is 9.11. The van der Waals surface area contributed by atoms with Crippen LogP contribution in [0.4, 0.5) is 4.39 Å². The van der Waals surface area contributed by atoms with E-state index in [0.29, 0.717) is 17.9 Å². The molecule has 2 fully saturated rings. The minimum absolute atomic E-state index is 0.0586. The first-order valence-electron chi connectivity index (χ1n) is 9.11. The molecule has 0 radical (unpaired) electrons. The lowest BCUT2D eigenvalue weighted by Gasteiger charge is -2.20. The second kappa shape index (κ2) is 7.13. The predicted octanol–water partition coefficient (Wildman–Crippen LogP) is 2.70. The minimum atomic E-state index is -0.398. The number of rotatable bonds is 5. The first kappa shape index (κ1) is 17.1. The molecule has 3 N–H and O–H groups in total. The summed E-state index contributed by atoms with van der Waals surface area (Å²) in [6.07, 6.45) is 2.72. The highest BCUT2D eigenvalue weighted by atomic mass is 19.1. The van der Waals surface area contributed by atoms with Gasteiger partial charge in [-0.3, -0.25) is 9.78 Å². The molecule has 1 aromatic heterocycles. The van der Waals surface area contributed by atoms with Crippen molar-refractivity contribution in [2.75, 3.05) is 0 Å². The van der Waals surface area contributed by atoms with Gasteiger partial charge in [-0.2, -0.15) is 0 Å². The highest BCUT2D eigenvalue weighted by Crippen LogP contribution is 2.40.